The number of rotatable bonds is 0. The van der Waals surface area contributed by atoms with Crippen molar-refractivity contribution < 1.29 is 51.0 Å². The molecule has 0 aliphatic rings. The Morgan fingerprint density at radius 2 is 0.958 bits per heavy atom. The van der Waals surface area contributed by atoms with Gasteiger partial charge in [-0.1, -0.05) is 25.2 Å². The summed E-state index contributed by atoms with van der Waals surface area (Å²) in [6.07, 6.45) is 0. The van der Waals surface area contributed by atoms with Gasteiger partial charge in [0.25, 0.3) is 0 Å². The van der Waals surface area contributed by atoms with E-state index in [4.69, 9.17) is 0 Å². The van der Waals surface area contributed by atoms with Crippen molar-refractivity contribution in [1.29, 1.82) is 0 Å². The van der Waals surface area contributed by atoms with E-state index in [1.165, 1.54) is 21.5 Å². The van der Waals surface area contributed by atoms with Gasteiger partial charge in [0.2, 0.25) is 0 Å². The molecule has 4 heteroatoms. The fourth-order valence-corrected chi connectivity index (χ4v) is 2.14. The summed E-state index contributed by atoms with van der Waals surface area (Å²) in [6, 6.07) is 29.3. The zero-order valence-electron chi connectivity index (χ0n) is 13.9. The topological polar surface area (TPSA) is 0 Å². The van der Waals surface area contributed by atoms with Gasteiger partial charge in [0.1, 0.15) is 0 Å². The van der Waals surface area contributed by atoms with E-state index in [2.05, 4.69) is 98.0 Å². The minimum absolute atomic E-state index is 0. The molecule has 0 fully saturated rings. The molecule has 0 atom stereocenters. The Morgan fingerprint density at radius 1 is 0.625 bits per heavy atom. The van der Waals surface area contributed by atoms with Crippen molar-refractivity contribution in [3.8, 4) is 0 Å². The molecule has 0 aromatic heterocycles. The summed E-state index contributed by atoms with van der Waals surface area (Å²) in [4.78, 5) is 0. The summed E-state index contributed by atoms with van der Waals surface area (Å²) < 4.78 is 0. The van der Waals surface area contributed by atoms with Gasteiger partial charge in [-0.05, 0) is 0 Å². The predicted octanol–water partition coefficient (Wildman–Crippen LogP) is -0.358. The van der Waals surface area contributed by atoms with E-state index < -0.39 is 0 Å². The number of benzene rings is 2. The van der Waals surface area contributed by atoms with Gasteiger partial charge >= 0.3 is 26.2 Å². The summed E-state index contributed by atoms with van der Waals surface area (Å²) >= 11 is 0. The third kappa shape index (κ3) is 7.94. The Labute approximate surface area is 179 Å². The average Bonchev–Trinajstić information content (AvgIpc) is 3.17. The second-order valence-corrected chi connectivity index (χ2v) is 6.04. The largest absolute Gasteiger partial charge is 4.00 e. The minimum atomic E-state index is 0. The van der Waals surface area contributed by atoms with Gasteiger partial charge in [-0.25, -0.2) is 0 Å². The fraction of sp³-hybridized carbons (Fsp3) is 0.100. The smallest absolute Gasteiger partial charge is 1.00 e. The second-order valence-electron chi connectivity index (χ2n) is 4.89. The van der Waals surface area contributed by atoms with Gasteiger partial charge in [0.05, 0.1) is 0 Å². The Kier molecular flexibility index (Phi) is 15.6. The molecule has 0 spiro atoms. The van der Waals surface area contributed by atoms with Crippen LogP contribution in [0.2, 0.25) is 13.1 Å². The van der Waals surface area contributed by atoms with Crippen molar-refractivity contribution in [2.24, 2.45) is 0 Å². The second kappa shape index (κ2) is 14.7. The number of hydrogen-bond acceptors (Lipinski definition) is 0. The van der Waals surface area contributed by atoms with Crippen molar-refractivity contribution in [2.45, 2.75) is 13.1 Å². The third-order valence-corrected chi connectivity index (χ3v) is 3.10. The molecule has 4 aromatic rings. The predicted molar refractivity (Wildman–Crippen MR) is 98.0 cm³/mol. The van der Waals surface area contributed by atoms with Crippen LogP contribution in [-0.4, -0.2) is 9.52 Å². The summed E-state index contributed by atoms with van der Waals surface area (Å²) in [5, 5.41) is 5.32. The Morgan fingerprint density at radius 3 is 1.29 bits per heavy atom. The number of fused-ring (bicyclic) bond motifs is 2. The SMILES string of the molecule is C[SiH]C.[Cl-].[Cl-].[Zr+4].c1ccc2[cH-]ccc2c1.c1ccc2[cH-]ccc2c1. The van der Waals surface area contributed by atoms with Gasteiger partial charge in [-0.3, -0.25) is 0 Å². The van der Waals surface area contributed by atoms with Gasteiger partial charge in [0.15, 0.2) is 0 Å². The monoisotopic (exact) mass is 449 g/mol. The Hall–Kier alpha value is -0.660. The van der Waals surface area contributed by atoms with Crippen LogP contribution < -0.4 is 24.8 Å². The molecule has 0 N–H and O–H groups in total. The van der Waals surface area contributed by atoms with Crippen molar-refractivity contribution in [3.63, 3.8) is 0 Å². The molecule has 0 bridgehead atoms. The zero-order chi connectivity index (χ0) is 14.9. The number of halogens is 2. The molecule has 0 heterocycles. The molecule has 24 heavy (non-hydrogen) atoms. The van der Waals surface area contributed by atoms with Crippen molar-refractivity contribution in [3.05, 3.63) is 84.9 Å². The fourth-order valence-electron chi connectivity index (χ4n) is 2.14. The molecule has 0 saturated heterocycles. The van der Waals surface area contributed by atoms with E-state index in [0.29, 0.717) is 0 Å². The van der Waals surface area contributed by atoms with Crippen LogP contribution in [0.15, 0.2) is 84.9 Å². The van der Waals surface area contributed by atoms with Crippen molar-refractivity contribution in [2.75, 3.05) is 0 Å². The van der Waals surface area contributed by atoms with Crippen molar-refractivity contribution >= 4 is 31.1 Å². The van der Waals surface area contributed by atoms with Crippen LogP contribution in [-0.2, 0) is 26.2 Å². The van der Waals surface area contributed by atoms with Gasteiger partial charge < -0.3 is 24.8 Å². The van der Waals surface area contributed by atoms with Crippen LogP contribution in [0.3, 0.4) is 0 Å². The van der Waals surface area contributed by atoms with Gasteiger partial charge in [-0.15, -0.1) is 59.3 Å². The van der Waals surface area contributed by atoms with E-state index >= 15 is 0 Å². The molecule has 0 nitrogen and oxygen atoms in total. The van der Waals surface area contributed by atoms with E-state index in [1.54, 1.807) is 0 Å². The molecule has 4 aromatic carbocycles. The van der Waals surface area contributed by atoms with Crippen LogP contribution >= 0.6 is 0 Å². The summed E-state index contributed by atoms with van der Waals surface area (Å²) in [7, 11) is 0.750. The van der Waals surface area contributed by atoms with Crippen LogP contribution in [0.5, 0.6) is 0 Å². The first-order valence-electron chi connectivity index (χ1n) is 7.30. The van der Waals surface area contributed by atoms with Crippen LogP contribution in [0.25, 0.3) is 21.5 Å². The molecule has 4 rings (SSSR count). The average molecular weight is 452 g/mol. The summed E-state index contributed by atoms with van der Waals surface area (Å²) in [5.74, 6) is 0. The molecule has 123 valence electrons. The van der Waals surface area contributed by atoms with Crippen LogP contribution in [0, 0.1) is 0 Å². The maximum absolute atomic E-state index is 2.21. The minimum Gasteiger partial charge on any atom is -1.00 e. The maximum Gasteiger partial charge on any atom is 4.00 e. The standard InChI is InChI=1S/2C9H7.C2H7Si.2ClH.Zr/c2*1-2-5-9-7-3-6-8(9)4-1;1-3-2;;;/h2*1-7H;3H,1-2H3;2*1H;/q2*-1;;;;+4/p-2. The van der Waals surface area contributed by atoms with Crippen LogP contribution in [0.1, 0.15) is 0 Å². The first kappa shape index (κ1) is 25.6. The Bertz CT molecular complexity index is 651. The summed E-state index contributed by atoms with van der Waals surface area (Å²) in [6.45, 7) is 4.42. The van der Waals surface area contributed by atoms with E-state index in [-0.39, 0.29) is 51.0 Å². The molecule has 0 unspecified atom stereocenters. The normalized spacial score (nSPS) is 8.42. The molecular formula is C20H21Cl2SiZr. The third-order valence-electron chi connectivity index (χ3n) is 3.10. The van der Waals surface area contributed by atoms with E-state index in [1.807, 2.05) is 0 Å². The number of hydrogen-bond donors (Lipinski definition) is 0. The first-order chi connectivity index (χ1) is 10.3. The van der Waals surface area contributed by atoms with Gasteiger partial charge in [-0.2, -0.15) is 35.0 Å². The first-order valence-corrected chi connectivity index (χ1v) is 9.61. The molecular weight excluding hydrogens is 430 g/mol. The Balaban J connectivity index is 0. The zero-order valence-corrected chi connectivity index (χ0v) is 19.0. The molecule has 1 radical (unpaired) electrons. The van der Waals surface area contributed by atoms with E-state index in [9.17, 15) is 0 Å². The molecule has 0 aliphatic carbocycles. The van der Waals surface area contributed by atoms with E-state index in [0.717, 1.165) is 9.52 Å². The molecule has 0 aliphatic heterocycles. The summed E-state index contributed by atoms with van der Waals surface area (Å²) in [5.41, 5.74) is 0. The molecule has 0 amide bonds. The maximum atomic E-state index is 2.21. The molecule has 0 saturated carbocycles. The quantitative estimate of drug-likeness (QED) is 0.253. The van der Waals surface area contributed by atoms with Gasteiger partial charge in [0, 0.05) is 9.52 Å². The van der Waals surface area contributed by atoms with Crippen LogP contribution in [0.4, 0.5) is 0 Å². The van der Waals surface area contributed by atoms with Crippen molar-refractivity contribution in [1.82, 2.24) is 0 Å².